The Balaban J connectivity index is 0. The molecule has 0 heterocycles. The quantitative estimate of drug-likeness (QED) is 0.465. The molecule has 0 fully saturated rings. The molecule has 0 saturated heterocycles. The van der Waals surface area contributed by atoms with Gasteiger partial charge in [0.1, 0.15) is 0 Å². The zero-order valence-corrected chi connectivity index (χ0v) is 14.8. The summed E-state index contributed by atoms with van der Waals surface area (Å²) < 4.78 is 4.57. The second-order valence-electron chi connectivity index (χ2n) is 4.41. The molecular formula is C14H22O5Zr. The summed E-state index contributed by atoms with van der Waals surface area (Å²) in [5.74, 6) is -4.06. The molecule has 0 aromatic carbocycles. The summed E-state index contributed by atoms with van der Waals surface area (Å²) in [4.78, 5) is 46.6. The predicted octanol–water partition coefficient (Wildman–Crippen LogP) is 2.21. The Morgan fingerprint density at radius 3 is 1.55 bits per heavy atom. The Kier molecular flexibility index (Phi) is 13.1. The molecule has 5 nitrogen and oxygen atoms in total. The molecule has 0 aromatic heterocycles. The summed E-state index contributed by atoms with van der Waals surface area (Å²) in [6, 6.07) is 0. The number of esters is 2. The van der Waals surface area contributed by atoms with Crippen molar-refractivity contribution in [3.63, 3.8) is 0 Å². The summed E-state index contributed by atoms with van der Waals surface area (Å²) in [6.07, 6.45) is 2.01. The van der Waals surface area contributed by atoms with Crippen molar-refractivity contribution in [2.24, 2.45) is 5.92 Å². The van der Waals surface area contributed by atoms with Crippen molar-refractivity contribution in [1.29, 1.82) is 0 Å². The largest absolute Gasteiger partial charge is 0.392 e. The van der Waals surface area contributed by atoms with Crippen LogP contribution in [0.2, 0.25) is 0 Å². The topological polar surface area (TPSA) is 77.5 Å². The van der Waals surface area contributed by atoms with Crippen LogP contribution in [0.25, 0.3) is 0 Å². The molecular weight excluding hydrogens is 339 g/mol. The van der Waals surface area contributed by atoms with E-state index in [9.17, 15) is 19.2 Å². The number of ether oxygens (including phenoxy) is 1. The van der Waals surface area contributed by atoms with Gasteiger partial charge in [-0.2, -0.15) is 0 Å². The Bertz CT molecular complexity index is 333. The SMILES string of the molecule is CCCC(=O)OC(=O)C(C(=O)CCC)C(=O)CCC.[Zr]. The first-order valence-corrected chi connectivity index (χ1v) is 6.77. The van der Waals surface area contributed by atoms with Crippen LogP contribution in [0.4, 0.5) is 0 Å². The molecule has 0 unspecified atom stereocenters. The van der Waals surface area contributed by atoms with Crippen LogP contribution >= 0.6 is 0 Å². The number of Topliss-reactive ketones (excluding diaryl/α,β-unsaturated/α-hetero) is 2. The number of ketones is 2. The molecule has 0 rings (SSSR count). The molecule has 0 aliphatic rings. The van der Waals surface area contributed by atoms with Gasteiger partial charge in [0.25, 0.3) is 0 Å². The minimum absolute atomic E-state index is 0. The van der Waals surface area contributed by atoms with Crippen molar-refractivity contribution in [3.8, 4) is 0 Å². The van der Waals surface area contributed by atoms with Crippen molar-refractivity contribution < 1.29 is 50.1 Å². The summed E-state index contributed by atoms with van der Waals surface area (Å²) in [5.41, 5.74) is 0. The van der Waals surface area contributed by atoms with Gasteiger partial charge in [-0.05, 0) is 19.3 Å². The molecule has 0 aromatic rings. The van der Waals surface area contributed by atoms with Crippen molar-refractivity contribution >= 4 is 23.5 Å². The Labute approximate surface area is 138 Å². The summed E-state index contributed by atoms with van der Waals surface area (Å²) in [5, 5.41) is 0. The number of hydrogen-bond acceptors (Lipinski definition) is 5. The van der Waals surface area contributed by atoms with Gasteiger partial charge in [0.2, 0.25) is 0 Å². The van der Waals surface area contributed by atoms with Crippen LogP contribution in [-0.2, 0) is 50.1 Å². The van der Waals surface area contributed by atoms with Gasteiger partial charge in [0.15, 0.2) is 17.5 Å². The van der Waals surface area contributed by atoms with Crippen LogP contribution < -0.4 is 0 Å². The fourth-order valence-corrected chi connectivity index (χ4v) is 1.65. The van der Waals surface area contributed by atoms with Gasteiger partial charge >= 0.3 is 11.9 Å². The summed E-state index contributed by atoms with van der Waals surface area (Å²) >= 11 is 0. The molecule has 0 saturated carbocycles. The second-order valence-corrected chi connectivity index (χ2v) is 4.41. The summed E-state index contributed by atoms with van der Waals surface area (Å²) in [7, 11) is 0. The second kappa shape index (κ2) is 12.1. The molecule has 6 heteroatoms. The van der Waals surface area contributed by atoms with E-state index in [-0.39, 0.29) is 45.5 Å². The van der Waals surface area contributed by atoms with Gasteiger partial charge in [0, 0.05) is 45.5 Å². The summed E-state index contributed by atoms with van der Waals surface area (Å²) in [6.45, 7) is 5.34. The number of rotatable bonds is 9. The van der Waals surface area contributed by atoms with Crippen molar-refractivity contribution in [2.45, 2.75) is 59.3 Å². The van der Waals surface area contributed by atoms with Crippen molar-refractivity contribution in [1.82, 2.24) is 0 Å². The van der Waals surface area contributed by atoms with Crippen LogP contribution in [0.1, 0.15) is 59.3 Å². The van der Waals surface area contributed by atoms with Crippen LogP contribution in [0.5, 0.6) is 0 Å². The average Bonchev–Trinajstić information content (AvgIpc) is 2.29. The molecule has 0 amide bonds. The van der Waals surface area contributed by atoms with Crippen molar-refractivity contribution in [2.75, 3.05) is 0 Å². The van der Waals surface area contributed by atoms with Gasteiger partial charge in [-0.1, -0.05) is 20.8 Å². The van der Waals surface area contributed by atoms with Crippen LogP contribution in [0.15, 0.2) is 0 Å². The average molecular weight is 362 g/mol. The molecule has 0 N–H and O–H groups in total. The normalized spacial score (nSPS) is 9.80. The first-order chi connectivity index (χ1) is 8.97. The van der Waals surface area contributed by atoms with Gasteiger partial charge in [-0.25, -0.2) is 0 Å². The Hall–Kier alpha value is -0.637. The number of carbonyl (C=O) groups is 4. The van der Waals surface area contributed by atoms with E-state index in [0.717, 1.165) is 0 Å². The van der Waals surface area contributed by atoms with E-state index in [1.54, 1.807) is 20.8 Å². The van der Waals surface area contributed by atoms with Gasteiger partial charge in [-0.3, -0.25) is 19.2 Å². The maximum Gasteiger partial charge on any atom is 0.331 e. The number of hydrogen-bond donors (Lipinski definition) is 0. The molecule has 0 bridgehead atoms. The smallest absolute Gasteiger partial charge is 0.331 e. The Morgan fingerprint density at radius 2 is 1.20 bits per heavy atom. The molecule has 0 atom stereocenters. The van der Waals surface area contributed by atoms with Crippen molar-refractivity contribution in [3.05, 3.63) is 0 Å². The third kappa shape index (κ3) is 7.83. The van der Waals surface area contributed by atoms with Crippen LogP contribution in [0.3, 0.4) is 0 Å². The van der Waals surface area contributed by atoms with Crippen LogP contribution in [0, 0.1) is 5.92 Å². The first kappa shape index (κ1) is 21.7. The molecule has 112 valence electrons. The maximum atomic E-state index is 11.8. The fourth-order valence-electron chi connectivity index (χ4n) is 1.65. The molecule has 20 heavy (non-hydrogen) atoms. The van der Waals surface area contributed by atoms with Gasteiger partial charge < -0.3 is 4.74 Å². The zero-order chi connectivity index (χ0) is 14.8. The van der Waals surface area contributed by atoms with Gasteiger partial charge in [-0.15, -0.1) is 0 Å². The van der Waals surface area contributed by atoms with E-state index in [2.05, 4.69) is 4.74 Å². The van der Waals surface area contributed by atoms with Gasteiger partial charge in [0.05, 0.1) is 0 Å². The minimum Gasteiger partial charge on any atom is -0.392 e. The van der Waals surface area contributed by atoms with E-state index >= 15 is 0 Å². The third-order valence-corrected chi connectivity index (χ3v) is 2.54. The molecule has 0 radical (unpaired) electrons. The van der Waals surface area contributed by atoms with E-state index in [0.29, 0.717) is 19.3 Å². The molecule has 0 aliphatic carbocycles. The standard InChI is InChI=1S/C14H22O5.Zr/c1-4-7-10(15)13(11(16)8-5-2)14(18)19-12(17)9-6-3;/h13H,4-9H2,1-3H3;. The predicted molar refractivity (Wildman–Crippen MR) is 69.3 cm³/mol. The molecule has 0 aliphatic heterocycles. The fraction of sp³-hybridized carbons (Fsp3) is 0.714. The zero-order valence-electron chi connectivity index (χ0n) is 12.4. The van der Waals surface area contributed by atoms with E-state index in [1.165, 1.54) is 0 Å². The minimum atomic E-state index is -1.43. The number of carbonyl (C=O) groups excluding carboxylic acids is 4. The maximum absolute atomic E-state index is 11.8. The Morgan fingerprint density at radius 1 is 0.800 bits per heavy atom. The molecule has 0 spiro atoms. The monoisotopic (exact) mass is 360 g/mol. The van der Waals surface area contributed by atoms with E-state index < -0.39 is 29.4 Å². The van der Waals surface area contributed by atoms with Crippen LogP contribution in [-0.4, -0.2) is 23.5 Å². The van der Waals surface area contributed by atoms with E-state index in [1.807, 2.05) is 0 Å². The first-order valence-electron chi connectivity index (χ1n) is 6.77. The third-order valence-electron chi connectivity index (χ3n) is 2.54. The van der Waals surface area contributed by atoms with E-state index in [4.69, 9.17) is 0 Å².